The molecule has 1 heterocycles. The van der Waals surface area contributed by atoms with Gasteiger partial charge in [0.2, 0.25) is 10.0 Å². The molecule has 7 nitrogen and oxygen atoms in total. The Labute approximate surface area is 149 Å². The minimum Gasteiger partial charge on any atom is -0.497 e. The van der Waals surface area contributed by atoms with Gasteiger partial charge in [-0.3, -0.25) is 4.68 Å². The molecular formula is C17H25N3O4S. The van der Waals surface area contributed by atoms with Gasteiger partial charge in [0.25, 0.3) is 0 Å². The summed E-state index contributed by atoms with van der Waals surface area (Å²) in [6.07, 6.45) is 0. The van der Waals surface area contributed by atoms with Gasteiger partial charge in [-0.1, -0.05) is 0 Å². The molecule has 0 fully saturated rings. The van der Waals surface area contributed by atoms with E-state index in [1.165, 1.54) is 24.6 Å². The van der Waals surface area contributed by atoms with Crippen LogP contribution in [0.25, 0.3) is 0 Å². The monoisotopic (exact) mass is 367 g/mol. The molecule has 0 bridgehead atoms. The minimum absolute atomic E-state index is 0.108. The summed E-state index contributed by atoms with van der Waals surface area (Å²) in [6.45, 7) is 6.84. The van der Waals surface area contributed by atoms with Crippen molar-refractivity contribution in [2.45, 2.75) is 38.8 Å². The van der Waals surface area contributed by atoms with Crippen LogP contribution < -0.4 is 9.47 Å². The fourth-order valence-corrected chi connectivity index (χ4v) is 4.01. The summed E-state index contributed by atoms with van der Waals surface area (Å²) in [5, 5.41) is 4.45. The number of rotatable bonds is 7. The molecule has 25 heavy (non-hydrogen) atoms. The highest BCUT2D eigenvalue weighted by Crippen LogP contribution is 2.31. The number of sulfonamides is 1. The summed E-state index contributed by atoms with van der Waals surface area (Å²) in [5.41, 5.74) is 2.73. The zero-order valence-electron chi connectivity index (χ0n) is 15.5. The first-order chi connectivity index (χ1) is 11.8. The Hall–Kier alpha value is -2.06. The van der Waals surface area contributed by atoms with Gasteiger partial charge in [-0.05, 0) is 32.9 Å². The minimum atomic E-state index is -3.72. The molecule has 0 N–H and O–H groups in total. The number of hydrogen-bond acceptors (Lipinski definition) is 5. The van der Waals surface area contributed by atoms with E-state index in [2.05, 4.69) is 5.10 Å². The van der Waals surface area contributed by atoms with Crippen molar-refractivity contribution in [3.63, 3.8) is 0 Å². The maximum Gasteiger partial charge on any atom is 0.246 e. The van der Waals surface area contributed by atoms with Crippen LogP contribution in [0.2, 0.25) is 0 Å². The maximum absolute atomic E-state index is 13.0. The molecule has 0 saturated carbocycles. The summed E-state index contributed by atoms with van der Waals surface area (Å²) in [7, 11) is 0.794. The summed E-state index contributed by atoms with van der Waals surface area (Å²) >= 11 is 0. The summed E-state index contributed by atoms with van der Waals surface area (Å²) in [4.78, 5) is 0.108. The molecule has 0 atom stereocenters. The third kappa shape index (κ3) is 3.64. The van der Waals surface area contributed by atoms with Crippen molar-refractivity contribution in [3.8, 4) is 11.5 Å². The molecule has 0 aliphatic heterocycles. The second-order valence-electron chi connectivity index (χ2n) is 5.74. The van der Waals surface area contributed by atoms with Crippen LogP contribution in [0.3, 0.4) is 0 Å². The fraction of sp³-hybridized carbons (Fsp3) is 0.471. The van der Waals surface area contributed by atoms with Gasteiger partial charge >= 0.3 is 0 Å². The fourth-order valence-electron chi connectivity index (χ4n) is 2.73. The Morgan fingerprint density at radius 3 is 2.40 bits per heavy atom. The zero-order chi connectivity index (χ0) is 18.8. The molecule has 1 aromatic carbocycles. The van der Waals surface area contributed by atoms with Gasteiger partial charge in [0.15, 0.2) is 0 Å². The quantitative estimate of drug-likeness (QED) is 0.751. The number of nitrogens with zero attached hydrogens (tertiary/aromatic N) is 3. The summed E-state index contributed by atoms with van der Waals surface area (Å²) in [5.74, 6) is 0.790. The second kappa shape index (κ2) is 7.45. The Morgan fingerprint density at radius 2 is 1.88 bits per heavy atom. The van der Waals surface area contributed by atoms with E-state index < -0.39 is 10.0 Å². The Kier molecular flexibility index (Phi) is 5.74. The molecule has 2 rings (SSSR count). The molecular weight excluding hydrogens is 342 g/mol. The first-order valence-electron chi connectivity index (χ1n) is 7.97. The molecule has 0 amide bonds. The zero-order valence-corrected chi connectivity index (χ0v) is 16.3. The molecule has 0 aliphatic carbocycles. The van der Waals surface area contributed by atoms with Gasteiger partial charge in [0.1, 0.15) is 16.4 Å². The molecule has 2 aromatic rings. The molecule has 138 valence electrons. The standard InChI is InChI=1S/C17H25N3O4S/c1-7-20-13(3)15(12(2)18-20)11-19(4)25(21,22)17-9-8-14(23-5)10-16(17)24-6/h8-10H,7,11H2,1-6H3. The SMILES string of the molecule is CCn1nc(C)c(CN(C)S(=O)(=O)c2ccc(OC)cc2OC)c1C. The smallest absolute Gasteiger partial charge is 0.246 e. The van der Waals surface area contributed by atoms with Crippen molar-refractivity contribution in [3.05, 3.63) is 35.2 Å². The Morgan fingerprint density at radius 1 is 1.20 bits per heavy atom. The predicted octanol–water partition coefficient (Wildman–Crippen LogP) is 2.36. The first-order valence-corrected chi connectivity index (χ1v) is 9.41. The van der Waals surface area contributed by atoms with Crippen LogP contribution in [0, 0.1) is 13.8 Å². The number of ether oxygens (including phenoxy) is 2. The predicted molar refractivity (Wildman–Crippen MR) is 95.6 cm³/mol. The average molecular weight is 367 g/mol. The van der Waals surface area contributed by atoms with Gasteiger partial charge in [-0.2, -0.15) is 9.40 Å². The lowest BCUT2D eigenvalue weighted by molar-refractivity contribution is 0.383. The van der Waals surface area contributed by atoms with Crippen molar-refractivity contribution in [2.75, 3.05) is 21.3 Å². The topological polar surface area (TPSA) is 73.7 Å². The molecule has 8 heteroatoms. The van der Waals surface area contributed by atoms with Gasteiger partial charge in [0, 0.05) is 37.5 Å². The van der Waals surface area contributed by atoms with E-state index in [-0.39, 0.29) is 17.2 Å². The van der Waals surface area contributed by atoms with E-state index in [0.29, 0.717) is 5.75 Å². The number of aromatic nitrogens is 2. The molecule has 0 aliphatic rings. The number of aryl methyl sites for hydroxylation is 2. The van der Waals surface area contributed by atoms with Crippen molar-refractivity contribution in [1.29, 1.82) is 0 Å². The van der Waals surface area contributed by atoms with Gasteiger partial charge in [-0.25, -0.2) is 8.42 Å². The van der Waals surface area contributed by atoms with Crippen LogP contribution >= 0.6 is 0 Å². The van der Waals surface area contributed by atoms with Crippen LogP contribution in [0.1, 0.15) is 23.9 Å². The van der Waals surface area contributed by atoms with Crippen LogP contribution in [0.5, 0.6) is 11.5 Å². The lowest BCUT2D eigenvalue weighted by Gasteiger charge is -2.19. The van der Waals surface area contributed by atoms with Gasteiger partial charge in [0.05, 0.1) is 19.9 Å². The largest absolute Gasteiger partial charge is 0.497 e. The molecule has 1 aromatic heterocycles. The highest BCUT2D eigenvalue weighted by molar-refractivity contribution is 7.89. The van der Waals surface area contributed by atoms with Crippen molar-refractivity contribution >= 4 is 10.0 Å². The summed E-state index contributed by atoms with van der Waals surface area (Å²) in [6, 6.07) is 4.67. The van der Waals surface area contributed by atoms with E-state index >= 15 is 0 Å². The van der Waals surface area contributed by atoms with Crippen LogP contribution in [-0.2, 0) is 23.1 Å². The third-order valence-corrected chi connectivity index (χ3v) is 6.11. The van der Waals surface area contributed by atoms with Crippen molar-refractivity contribution in [1.82, 2.24) is 14.1 Å². The van der Waals surface area contributed by atoms with Crippen LogP contribution in [0.15, 0.2) is 23.1 Å². The summed E-state index contributed by atoms with van der Waals surface area (Å²) < 4.78 is 39.5. The Balaban J connectivity index is 2.39. The van der Waals surface area contributed by atoms with E-state index in [1.807, 2.05) is 25.5 Å². The molecule has 0 spiro atoms. The number of hydrogen-bond donors (Lipinski definition) is 0. The van der Waals surface area contributed by atoms with Crippen LogP contribution in [-0.4, -0.2) is 43.8 Å². The number of methoxy groups -OCH3 is 2. The Bertz CT molecular complexity index is 859. The van der Waals surface area contributed by atoms with E-state index in [9.17, 15) is 8.42 Å². The molecule has 0 unspecified atom stereocenters. The highest BCUT2D eigenvalue weighted by atomic mass is 32.2. The lowest BCUT2D eigenvalue weighted by Crippen LogP contribution is -2.27. The second-order valence-corrected chi connectivity index (χ2v) is 7.76. The normalized spacial score (nSPS) is 11.8. The van der Waals surface area contributed by atoms with E-state index in [1.54, 1.807) is 19.2 Å². The van der Waals surface area contributed by atoms with Crippen molar-refractivity contribution in [2.24, 2.45) is 0 Å². The van der Waals surface area contributed by atoms with Gasteiger partial charge in [-0.15, -0.1) is 0 Å². The van der Waals surface area contributed by atoms with E-state index in [4.69, 9.17) is 9.47 Å². The molecule has 0 radical (unpaired) electrons. The third-order valence-electron chi connectivity index (χ3n) is 4.27. The van der Waals surface area contributed by atoms with E-state index in [0.717, 1.165) is 23.5 Å². The number of benzene rings is 1. The lowest BCUT2D eigenvalue weighted by atomic mass is 10.2. The molecule has 0 saturated heterocycles. The highest BCUT2D eigenvalue weighted by Gasteiger charge is 2.27. The first kappa shape index (κ1) is 19.3. The van der Waals surface area contributed by atoms with Crippen LogP contribution in [0.4, 0.5) is 0 Å². The average Bonchev–Trinajstić information content (AvgIpc) is 2.88. The maximum atomic E-state index is 13.0. The van der Waals surface area contributed by atoms with Crippen molar-refractivity contribution < 1.29 is 17.9 Å². The van der Waals surface area contributed by atoms with Gasteiger partial charge < -0.3 is 9.47 Å².